The number of fused-ring (bicyclic) bond motifs is 1. The Balaban J connectivity index is 1.95. The number of carbonyl (C=O) groups excluding carboxylic acids is 2. The predicted molar refractivity (Wildman–Crippen MR) is 122 cm³/mol. The summed E-state index contributed by atoms with van der Waals surface area (Å²) in [5.74, 6) is -2.54. The zero-order valence-corrected chi connectivity index (χ0v) is 18.5. The fourth-order valence-corrected chi connectivity index (χ4v) is 4.10. The molecule has 3 aromatic rings. The van der Waals surface area contributed by atoms with Crippen LogP contribution in [0.25, 0.3) is 0 Å². The lowest BCUT2D eigenvalue weighted by molar-refractivity contribution is -0.144. The number of benzene rings is 3. The molecule has 2 N–H and O–H groups in total. The lowest BCUT2D eigenvalue weighted by Gasteiger charge is -2.34. The number of amides is 2. The van der Waals surface area contributed by atoms with Gasteiger partial charge >= 0.3 is 5.97 Å². The Hall–Kier alpha value is -3.06. The van der Waals surface area contributed by atoms with Gasteiger partial charge in [0.15, 0.2) is 6.04 Å². The topological polar surface area (TPSA) is 86.7 Å². The van der Waals surface area contributed by atoms with Crippen molar-refractivity contribution in [1.29, 1.82) is 0 Å². The molecule has 0 spiro atoms. The molecule has 6 nitrogen and oxygen atoms in total. The van der Waals surface area contributed by atoms with Gasteiger partial charge in [0.2, 0.25) is 0 Å². The quantitative estimate of drug-likeness (QED) is 0.499. The first-order valence-electron chi connectivity index (χ1n) is 9.43. The fourth-order valence-electron chi connectivity index (χ4n) is 3.68. The highest BCUT2D eigenvalue weighted by Gasteiger charge is 2.43. The van der Waals surface area contributed by atoms with Crippen LogP contribution in [0, 0.1) is 0 Å². The number of halogens is 3. The molecule has 0 bridgehead atoms. The number of anilines is 1. The van der Waals surface area contributed by atoms with Gasteiger partial charge < -0.3 is 15.3 Å². The van der Waals surface area contributed by atoms with E-state index in [0.29, 0.717) is 15.6 Å². The van der Waals surface area contributed by atoms with Crippen LogP contribution in [0.2, 0.25) is 15.1 Å². The van der Waals surface area contributed by atoms with E-state index in [9.17, 15) is 19.5 Å². The van der Waals surface area contributed by atoms with E-state index in [1.165, 1.54) is 42.5 Å². The van der Waals surface area contributed by atoms with E-state index < -0.39 is 29.9 Å². The van der Waals surface area contributed by atoms with Crippen LogP contribution >= 0.6 is 34.8 Å². The number of carboxylic acid groups (broad SMARTS) is 1. The maximum absolute atomic E-state index is 13.7. The van der Waals surface area contributed by atoms with Gasteiger partial charge in [-0.25, -0.2) is 4.79 Å². The van der Waals surface area contributed by atoms with Gasteiger partial charge in [0, 0.05) is 15.1 Å². The van der Waals surface area contributed by atoms with Crippen molar-refractivity contribution in [3.63, 3.8) is 0 Å². The van der Waals surface area contributed by atoms with Crippen molar-refractivity contribution in [1.82, 2.24) is 4.90 Å². The van der Waals surface area contributed by atoms with Gasteiger partial charge in [-0.3, -0.25) is 9.59 Å². The van der Waals surface area contributed by atoms with Crippen LogP contribution < -0.4 is 5.32 Å². The molecule has 1 aliphatic rings. The summed E-state index contributed by atoms with van der Waals surface area (Å²) in [6.07, 6.45) is 0. The van der Waals surface area contributed by atoms with Gasteiger partial charge in [0.25, 0.3) is 11.8 Å². The average Bonchev–Trinajstić information content (AvgIpc) is 2.85. The first kappa shape index (κ1) is 22.1. The molecule has 0 saturated heterocycles. The van der Waals surface area contributed by atoms with Crippen LogP contribution in [0.3, 0.4) is 0 Å². The maximum atomic E-state index is 13.7. The number of hydrogen-bond donors (Lipinski definition) is 2. The Morgan fingerprint density at radius 2 is 1.44 bits per heavy atom. The highest BCUT2D eigenvalue weighted by molar-refractivity contribution is 6.31. The number of hydrogen-bond acceptors (Lipinski definition) is 3. The van der Waals surface area contributed by atoms with Gasteiger partial charge in [-0.2, -0.15) is 0 Å². The van der Waals surface area contributed by atoms with Crippen LogP contribution in [0.15, 0.2) is 66.7 Å². The molecule has 3 aromatic carbocycles. The van der Waals surface area contributed by atoms with Gasteiger partial charge in [0.05, 0.1) is 11.3 Å². The molecule has 1 aliphatic heterocycles. The lowest BCUT2D eigenvalue weighted by Crippen LogP contribution is -2.44. The van der Waals surface area contributed by atoms with Crippen LogP contribution in [-0.4, -0.2) is 27.8 Å². The molecule has 0 aliphatic carbocycles. The maximum Gasteiger partial charge on any atom is 0.331 e. The Kier molecular flexibility index (Phi) is 6.11. The van der Waals surface area contributed by atoms with Crippen molar-refractivity contribution in [2.75, 3.05) is 5.32 Å². The highest BCUT2D eigenvalue weighted by Crippen LogP contribution is 2.38. The standard InChI is InChI=1S/C23H15Cl3N2O4/c24-14-5-1-12(2-6-14)19-21(29)27-18-10-9-16(26)11-17(18)22(30)28(19)20(23(31)32)13-3-7-15(25)8-4-13/h1-11,19-20H,(H,27,29)(H,31,32)/t19-,20-/m0/s1. The average molecular weight is 490 g/mol. The first-order chi connectivity index (χ1) is 15.3. The minimum Gasteiger partial charge on any atom is -0.479 e. The van der Waals surface area contributed by atoms with E-state index in [1.807, 2.05) is 0 Å². The summed E-state index contributed by atoms with van der Waals surface area (Å²) >= 11 is 18.1. The van der Waals surface area contributed by atoms with Crippen molar-refractivity contribution in [3.8, 4) is 0 Å². The van der Waals surface area contributed by atoms with E-state index in [-0.39, 0.29) is 21.8 Å². The van der Waals surface area contributed by atoms with E-state index in [2.05, 4.69) is 5.32 Å². The second-order valence-corrected chi connectivity index (χ2v) is 8.45. The Morgan fingerprint density at radius 1 is 0.875 bits per heavy atom. The Labute approximate surface area is 198 Å². The molecule has 0 unspecified atom stereocenters. The largest absolute Gasteiger partial charge is 0.479 e. The zero-order chi connectivity index (χ0) is 23.0. The number of rotatable bonds is 4. The van der Waals surface area contributed by atoms with E-state index >= 15 is 0 Å². The molecule has 0 fully saturated rings. The summed E-state index contributed by atoms with van der Waals surface area (Å²) in [6, 6.07) is 14.1. The number of aliphatic carboxylic acids is 1. The smallest absolute Gasteiger partial charge is 0.331 e. The van der Waals surface area contributed by atoms with Crippen molar-refractivity contribution in [3.05, 3.63) is 98.5 Å². The van der Waals surface area contributed by atoms with Crippen LogP contribution in [-0.2, 0) is 9.59 Å². The molecule has 0 aromatic heterocycles. The van der Waals surface area contributed by atoms with Crippen molar-refractivity contribution in [2.45, 2.75) is 12.1 Å². The third-order valence-electron chi connectivity index (χ3n) is 5.11. The lowest BCUT2D eigenvalue weighted by atomic mass is 9.98. The minimum absolute atomic E-state index is 0.0857. The summed E-state index contributed by atoms with van der Waals surface area (Å²) in [4.78, 5) is 40.6. The minimum atomic E-state index is -1.48. The first-order valence-corrected chi connectivity index (χ1v) is 10.6. The number of nitrogens with zero attached hydrogens (tertiary/aromatic N) is 1. The van der Waals surface area contributed by atoms with Gasteiger partial charge in [-0.05, 0) is 53.6 Å². The fraction of sp³-hybridized carbons (Fsp3) is 0.0870. The van der Waals surface area contributed by atoms with Crippen LogP contribution in [0.1, 0.15) is 33.6 Å². The monoisotopic (exact) mass is 488 g/mol. The molecule has 9 heteroatoms. The molecular formula is C23H15Cl3N2O4. The van der Waals surface area contributed by atoms with Crippen LogP contribution in [0.4, 0.5) is 5.69 Å². The molecule has 162 valence electrons. The van der Waals surface area contributed by atoms with Gasteiger partial charge in [0.1, 0.15) is 6.04 Å². The third-order valence-corrected chi connectivity index (χ3v) is 5.85. The van der Waals surface area contributed by atoms with E-state index in [1.54, 1.807) is 24.3 Å². The predicted octanol–water partition coefficient (Wildman–Crippen LogP) is 5.61. The molecular weight excluding hydrogens is 475 g/mol. The molecule has 2 atom stereocenters. The third kappa shape index (κ3) is 4.17. The summed E-state index contributed by atoms with van der Waals surface area (Å²) in [6.45, 7) is 0. The molecule has 2 amide bonds. The highest BCUT2D eigenvalue weighted by atomic mass is 35.5. The summed E-state index contributed by atoms with van der Waals surface area (Å²) in [5, 5.41) is 14.0. The van der Waals surface area contributed by atoms with Gasteiger partial charge in [-0.15, -0.1) is 0 Å². The molecule has 32 heavy (non-hydrogen) atoms. The van der Waals surface area contributed by atoms with E-state index in [4.69, 9.17) is 34.8 Å². The van der Waals surface area contributed by atoms with Crippen LogP contribution in [0.5, 0.6) is 0 Å². The summed E-state index contributed by atoms with van der Waals surface area (Å²) < 4.78 is 0. The molecule has 0 radical (unpaired) electrons. The number of nitrogens with one attached hydrogen (secondary N) is 1. The van der Waals surface area contributed by atoms with E-state index in [0.717, 1.165) is 4.90 Å². The van der Waals surface area contributed by atoms with Crippen molar-refractivity contribution >= 4 is 58.3 Å². The summed E-state index contributed by atoms with van der Waals surface area (Å²) in [5.41, 5.74) is 1.01. The summed E-state index contributed by atoms with van der Waals surface area (Å²) in [7, 11) is 0. The zero-order valence-electron chi connectivity index (χ0n) is 16.3. The SMILES string of the molecule is O=C(O)[C@H](c1ccc(Cl)cc1)N1C(=O)c2cc(Cl)ccc2NC(=O)[C@@H]1c1ccc(Cl)cc1. The number of carboxylic acids is 1. The molecule has 4 rings (SSSR count). The number of carbonyl (C=O) groups is 3. The Morgan fingerprint density at radius 3 is 2.03 bits per heavy atom. The second kappa shape index (κ2) is 8.82. The van der Waals surface area contributed by atoms with Gasteiger partial charge in [-0.1, -0.05) is 59.1 Å². The molecule has 1 heterocycles. The second-order valence-electron chi connectivity index (χ2n) is 7.14. The van der Waals surface area contributed by atoms with Crippen molar-refractivity contribution < 1.29 is 19.5 Å². The molecule has 0 saturated carbocycles. The normalized spacial score (nSPS) is 16.7. The Bertz CT molecular complexity index is 1210. The van der Waals surface area contributed by atoms with Crippen molar-refractivity contribution in [2.24, 2.45) is 0 Å².